The molecule has 0 N–H and O–H groups in total. The summed E-state index contributed by atoms with van der Waals surface area (Å²) in [5.74, 6) is -0.204. The second-order valence-electron chi connectivity index (χ2n) is 6.64. The zero-order valence-electron chi connectivity index (χ0n) is 15.4. The average molecular weight is 471 g/mol. The monoisotopic (exact) mass is 469 g/mol. The summed E-state index contributed by atoms with van der Waals surface area (Å²) in [6.45, 7) is 4.31. The molecule has 3 aromatic rings. The van der Waals surface area contributed by atoms with E-state index in [4.69, 9.17) is 39.5 Å². The van der Waals surface area contributed by atoms with Crippen molar-refractivity contribution < 1.29 is 9.53 Å². The third-order valence-electron chi connectivity index (χ3n) is 4.72. The van der Waals surface area contributed by atoms with Crippen molar-refractivity contribution in [2.45, 2.75) is 0 Å². The molecule has 1 saturated heterocycles. The number of carbonyl (C=O) groups excluding carboxylic acids is 1. The van der Waals surface area contributed by atoms with Gasteiger partial charge in [-0.25, -0.2) is 4.98 Å². The molecule has 1 aliphatic heterocycles. The molecule has 0 aliphatic carbocycles. The Kier molecular flexibility index (Phi) is 6.59. The van der Waals surface area contributed by atoms with Gasteiger partial charge in [0.1, 0.15) is 0 Å². The Morgan fingerprint density at radius 2 is 1.83 bits per heavy atom. The lowest BCUT2D eigenvalue weighted by Crippen LogP contribution is -2.43. The summed E-state index contributed by atoms with van der Waals surface area (Å²) < 4.78 is 6.34. The first-order chi connectivity index (χ1) is 14.0. The van der Waals surface area contributed by atoms with Gasteiger partial charge < -0.3 is 4.74 Å². The Morgan fingerprint density at radius 3 is 2.59 bits per heavy atom. The summed E-state index contributed by atoms with van der Waals surface area (Å²) in [5, 5.41) is 2.07. The summed E-state index contributed by atoms with van der Waals surface area (Å²) in [6.07, 6.45) is 0. The van der Waals surface area contributed by atoms with E-state index in [1.54, 1.807) is 29.2 Å². The maximum Gasteiger partial charge on any atom is 0.261 e. The van der Waals surface area contributed by atoms with Crippen LogP contribution in [0, 0.1) is 0 Å². The van der Waals surface area contributed by atoms with Crippen LogP contribution in [-0.2, 0) is 4.74 Å². The number of aromatic nitrogens is 1. The van der Waals surface area contributed by atoms with E-state index >= 15 is 0 Å². The Bertz CT molecular complexity index is 1040. The first-order valence-corrected chi connectivity index (χ1v) is 11.1. The lowest BCUT2D eigenvalue weighted by molar-refractivity contribution is 0.0391. The van der Waals surface area contributed by atoms with Gasteiger partial charge in [-0.05, 0) is 36.4 Å². The Labute approximate surface area is 187 Å². The second-order valence-corrected chi connectivity index (χ2v) is 8.93. The predicted molar refractivity (Wildman–Crippen MR) is 120 cm³/mol. The van der Waals surface area contributed by atoms with Crippen LogP contribution in [0.15, 0.2) is 36.4 Å². The van der Waals surface area contributed by atoms with Crippen LogP contribution in [0.3, 0.4) is 0 Å². The van der Waals surface area contributed by atoms with E-state index in [-0.39, 0.29) is 5.91 Å². The van der Waals surface area contributed by atoms with E-state index in [1.807, 2.05) is 12.1 Å². The van der Waals surface area contributed by atoms with Crippen molar-refractivity contribution >= 4 is 67.4 Å². The van der Waals surface area contributed by atoms with Gasteiger partial charge in [0.15, 0.2) is 5.13 Å². The summed E-state index contributed by atoms with van der Waals surface area (Å²) in [7, 11) is 0. The quantitative estimate of drug-likeness (QED) is 0.512. The van der Waals surface area contributed by atoms with Crippen molar-refractivity contribution in [1.82, 2.24) is 9.88 Å². The minimum atomic E-state index is -0.204. The molecule has 4 rings (SSSR count). The molecular formula is C20H18Cl3N3O2S. The molecule has 9 heteroatoms. The highest BCUT2D eigenvalue weighted by molar-refractivity contribution is 7.22. The SMILES string of the molecule is O=C(c1ccc(Cl)cc1Cl)N(CCN1CCOCC1)c1nc2ccc(Cl)cc2s1. The molecule has 5 nitrogen and oxygen atoms in total. The molecule has 152 valence electrons. The molecule has 1 fully saturated rings. The van der Waals surface area contributed by atoms with Crippen LogP contribution in [-0.4, -0.2) is 55.2 Å². The van der Waals surface area contributed by atoms with Crippen LogP contribution in [0.4, 0.5) is 5.13 Å². The number of carbonyl (C=O) groups is 1. The molecule has 0 unspecified atom stereocenters. The molecule has 0 atom stereocenters. The van der Waals surface area contributed by atoms with Crippen LogP contribution in [0.2, 0.25) is 15.1 Å². The molecule has 0 bridgehead atoms. The maximum absolute atomic E-state index is 13.4. The van der Waals surface area contributed by atoms with Gasteiger partial charge in [0.05, 0.1) is 34.0 Å². The van der Waals surface area contributed by atoms with Crippen molar-refractivity contribution in [2.75, 3.05) is 44.3 Å². The van der Waals surface area contributed by atoms with Crippen LogP contribution < -0.4 is 4.90 Å². The number of halogens is 3. The highest BCUT2D eigenvalue weighted by atomic mass is 35.5. The van der Waals surface area contributed by atoms with Crippen molar-refractivity contribution in [3.05, 3.63) is 57.0 Å². The fourth-order valence-corrected chi connectivity index (χ4v) is 4.92. The number of hydrogen-bond donors (Lipinski definition) is 0. The lowest BCUT2D eigenvalue weighted by Gasteiger charge is -2.29. The van der Waals surface area contributed by atoms with Gasteiger partial charge in [-0.3, -0.25) is 14.6 Å². The zero-order valence-corrected chi connectivity index (χ0v) is 18.5. The molecular weight excluding hydrogens is 453 g/mol. The number of amides is 1. The third kappa shape index (κ3) is 4.85. The normalized spacial score (nSPS) is 15.0. The number of thiazole rings is 1. The molecule has 1 aliphatic rings. The van der Waals surface area contributed by atoms with Crippen LogP contribution in [0.5, 0.6) is 0 Å². The molecule has 1 amide bonds. The van der Waals surface area contributed by atoms with E-state index in [2.05, 4.69) is 9.88 Å². The van der Waals surface area contributed by atoms with Gasteiger partial charge in [-0.2, -0.15) is 0 Å². The lowest BCUT2D eigenvalue weighted by atomic mass is 10.2. The van der Waals surface area contributed by atoms with Gasteiger partial charge in [0.2, 0.25) is 0 Å². The number of ether oxygens (including phenoxy) is 1. The Hall–Kier alpha value is -1.41. The summed E-state index contributed by atoms with van der Waals surface area (Å²) in [5.41, 5.74) is 1.20. The molecule has 1 aromatic heterocycles. The van der Waals surface area contributed by atoms with Crippen LogP contribution >= 0.6 is 46.1 Å². The zero-order chi connectivity index (χ0) is 20.4. The topological polar surface area (TPSA) is 45.7 Å². The number of morpholine rings is 1. The minimum Gasteiger partial charge on any atom is -0.379 e. The highest BCUT2D eigenvalue weighted by Crippen LogP contribution is 2.32. The van der Waals surface area contributed by atoms with Crippen molar-refractivity contribution in [1.29, 1.82) is 0 Å². The second kappa shape index (κ2) is 9.16. The van der Waals surface area contributed by atoms with Gasteiger partial charge >= 0.3 is 0 Å². The molecule has 2 heterocycles. The number of nitrogens with zero attached hydrogens (tertiary/aromatic N) is 3. The van der Waals surface area contributed by atoms with Gasteiger partial charge in [0, 0.05) is 36.2 Å². The summed E-state index contributed by atoms with van der Waals surface area (Å²) in [6, 6.07) is 10.4. The van der Waals surface area contributed by atoms with Crippen molar-refractivity contribution in [2.24, 2.45) is 0 Å². The first kappa shape index (κ1) is 20.8. The number of rotatable bonds is 5. The van der Waals surface area contributed by atoms with E-state index in [0.29, 0.717) is 45.5 Å². The van der Waals surface area contributed by atoms with E-state index in [0.717, 1.165) is 29.9 Å². The highest BCUT2D eigenvalue weighted by Gasteiger charge is 2.24. The first-order valence-electron chi connectivity index (χ1n) is 9.14. The van der Waals surface area contributed by atoms with E-state index < -0.39 is 0 Å². The van der Waals surface area contributed by atoms with Crippen LogP contribution in [0.1, 0.15) is 10.4 Å². The largest absolute Gasteiger partial charge is 0.379 e. The minimum absolute atomic E-state index is 0.204. The van der Waals surface area contributed by atoms with Gasteiger partial charge in [-0.15, -0.1) is 0 Å². The fourth-order valence-electron chi connectivity index (χ4n) is 3.16. The predicted octanol–water partition coefficient (Wildman–Crippen LogP) is 5.24. The molecule has 0 saturated carbocycles. The van der Waals surface area contributed by atoms with Crippen molar-refractivity contribution in [3.8, 4) is 0 Å². The number of fused-ring (bicyclic) bond motifs is 1. The standard InChI is InChI=1S/C20H18Cl3N3O2S/c21-13-1-3-15(16(23)11-13)19(27)26(6-5-25-7-9-28-10-8-25)20-24-17-4-2-14(22)12-18(17)29-20/h1-4,11-12H,5-10H2. The van der Waals surface area contributed by atoms with Crippen LogP contribution in [0.25, 0.3) is 10.2 Å². The molecule has 2 aromatic carbocycles. The van der Waals surface area contributed by atoms with Crippen molar-refractivity contribution in [3.63, 3.8) is 0 Å². The number of anilines is 1. The maximum atomic E-state index is 13.4. The smallest absolute Gasteiger partial charge is 0.261 e. The van der Waals surface area contributed by atoms with Gasteiger partial charge in [0.25, 0.3) is 5.91 Å². The molecule has 0 spiro atoms. The summed E-state index contributed by atoms with van der Waals surface area (Å²) >= 11 is 19.9. The molecule has 0 radical (unpaired) electrons. The average Bonchev–Trinajstić information content (AvgIpc) is 3.11. The molecule has 29 heavy (non-hydrogen) atoms. The van der Waals surface area contributed by atoms with E-state index in [9.17, 15) is 4.79 Å². The number of benzene rings is 2. The fraction of sp³-hybridized carbons (Fsp3) is 0.300. The number of hydrogen-bond acceptors (Lipinski definition) is 5. The third-order valence-corrected chi connectivity index (χ3v) is 6.54. The summed E-state index contributed by atoms with van der Waals surface area (Å²) in [4.78, 5) is 22.0. The Morgan fingerprint density at radius 1 is 1.10 bits per heavy atom. The van der Waals surface area contributed by atoms with Gasteiger partial charge in [-0.1, -0.05) is 46.1 Å². The Balaban J connectivity index is 1.66. The van der Waals surface area contributed by atoms with E-state index in [1.165, 1.54) is 11.3 Å².